The zero-order chi connectivity index (χ0) is 22.8. The van der Waals surface area contributed by atoms with E-state index in [2.05, 4.69) is 31.9 Å². The van der Waals surface area contributed by atoms with E-state index in [1.165, 1.54) is 24.3 Å². The van der Waals surface area contributed by atoms with Crippen LogP contribution in [0, 0.1) is 11.6 Å². The highest BCUT2D eigenvalue weighted by Crippen LogP contribution is 2.01. The highest BCUT2D eigenvalue weighted by Gasteiger charge is 2.17. The number of thiocarbonyl (C=S) groups is 2. The number of hydrogen-bond donors (Lipinski definition) is 4. The molecule has 0 amide bonds. The summed E-state index contributed by atoms with van der Waals surface area (Å²) < 4.78 is 25.8. The van der Waals surface area contributed by atoms with Crippen LogP contribution in [0.15, 0.2) is 58.7 Å². The Balaban J connectivity index is 1.31. The van der Waals surface area contributed by atoms with Gasteiger partial charge in [-0.15, -0.1) is 0 Å². The van der Waals surface area contributed by atoms with Crippen LogP contribution in [-0.2, 0) is 0 Å². The number of hydrazine groups is 2. The molecule has 0 bridgehead atoms. The summed E-state index contributed by atoms with van der Waals surface area (Å²) in [6.45, 7) is 2.77. The molecule has 1 fully saturated rings. The number of halogens is 2. The molecule has 0 radical (unpaired) electrons. The minimum atomic E-state index is -0.296. The molecule has 0 saturated carbocycles. The number of hydrogen-bond acceptors (Lipinski definition) is 6. The normalized spacial score (nSPS) is 15.1. The van der Waals surface area contributed by atoms with Gasteiger partial charge in [-0.1, -0.05) is 24.3 Å². The van der Waals surface area contributed by atoms with Gasteiger partial charge in [0.1, 0.15) is 11.6 Å². The Kier molecular flexibility index (Phi) is 8.92. The summed E-state index contributed by atoms with van der Waals surface area (Å²) in [6, 6.07) is 11.9. The van der Waals surface area contributed by atoms with Crippen molar-refractivity contribution in [3.05, 3.63) is 71.3 Å². The number of nitrogens with zero attached hydrogens (tertiary/aromatic N) is 4. The van der Waals surface area contributed by atoms with Crippen LogP contribution in [0.5, 0.6) is 0 Å². The van der Waals surface area contributed by atoms with E-state index in [9.17, 15) is 8.78 Å². The Bertz CT molecular complexity index is 879. The molecular weight excluding hydrogens is 454 g/mol. The summed E-state index contributed by atoms with van der Waals surface area (Å²) in [4.78, 5) is 0. The first kappa shape index (κ1) is 23.6. The van der Waals surface area contributed by atoms with Crippen molar-refractivity contribution in [3.8, 4) is 0 Å². The molecule has 12 heteroatoms. The maximum absolute atomic E-state index is 12.9. The Hall–Kier alpha value is -3.06. The third-order valence-corrected chi connectivity index (χ3v) is 4.66. The van der Waals surface area contributed by atoms with E-state index < -0.39 is 0 Å². The monoisotopic (exact) mass is 476 g/mol. The summed E-state index contributed by atoms with van der Waals surface area (Å²) in [6.07, 6.45) is 3.11. The zero-order valence-electron chi connectivity index (χ0n) is 17.0. The molecule has 1 aliphatic heterocycles. The molecule has 1 saturated heterocycles. The van der Waals surface area contributed by atoms with Crippen LogP contribution in [0.25, 0.3) is 0 Å². The molecule has 0 atom stereocenters. The van der Waals surface area contributed by atoms with Crippen LogP contribution >= 0.6 is 24.4 Å². The highest BCUT2D eigenvalue weighted by molar-refractivity contribution is 7.80. The van der Waals surface area contributed by atoms with Crippen molar-refractivity contribution in [2.24, 2.45) is 10.2 Å². The third kappa shape index (κ3) is 8.23. The first-order valence-electron chi connectivity index (χ1n) is 9.68. The van der Waals surface area contributed by atoms with E-state index in [4.69, 9.17) is 24.4 Å². The summed E-state index contributed by atoms with van der Waals surface area (Å²) in [5.74, 6) is -0.592. The van der Waals surface area contributed by atoms with Gasteiger partial charge >= 0.3 is 0 Å². The minimum absolute atomic E-state index is 0.296. The molecule has 2 aromatic rings. The van der Waals surface area contributed by atoms with Crippen molar-refractivity contribution in [2.45, 2.75) is 0 Å². The van der Waals surface area contributed by atoms with Gasteiger partial charge in [-0.3, -0.25) is 21.7 Å². The predicted molar refractivity (Wildman–Crippen MR) is 129 cm³/mol. The first-order chi connectivity index (χ1) is 15.5. The molecule has 168 valence electrons. The van der Waals surface area contributed by atoms with Crippen LogP contribution in [0.4, 0.5) is 8.78 Å². The number of hydrazone groups is 2. The molecule has 0 aromatic heterocycles. The van der Waals surface area contributed by atoms with E-state index in [0.717, 1.165) is 11.1 Å². The molecule has 32 heavy (non-hydrogen) atoms. The van der Waals surface area contributed by atoms with Gasteiger partial charge in [-0.2, -0.15) is 10.2 Å². The fourth-order valence-electron chi connectivity index (χ4n) is 2.70. The molecule has 3 rings (SSSR count). The number of rotatable bonds is 6. The number of nitrogens with one attached hydrogen (secondary N) is 4. The van der Waals surface area contributed by atoms with E-state index >= 15 is 0 Å². The summed E-state index contributed by atoms with van der Waals surface area (Å²) >= 11 is 10.5. The highest BCUT2D eigenvalue weighted by atomic mass is 32.1. The van der Waals surface area contributed by atoms with Gasteiger partial charge in [0.2, 0.25) is 10.2 Å². The van der Waals surface area contributed by atoms with Crippen molar-refractivity contribution < 1.29 is 8.78 Å². The fraction of sp³-hybridized carbons (Fsp3) is 0.200. The molecule has 2 aromatic carbocycles. The molecule has 8 nitrogen and oxygen atoms in total. The van der Waals surface area contributed by atoms with Crippen LogP contribution < -0.4 is 21.7 Å². The standard InChI is InChI=1S/C20H22F2N8S2/c21-17-5-1-15(2-6-17)13-23-25-19(31)27-29-9-11-30(12-10-29)28-20(32)26-24-14-16-3-7-18(22)8-4-16/h1-8,13-14H,9-12H2,(H2,25,27,31)(H2,26,28,32)/b23-13-,24-14?. The second-order valence-electron chi connectivity index (χ2n) is 6.70. The zero-order valence-corrected chi connectivity index (χ0v) is 18.6. The summed E-state index contributed by atoms with van der Waals surface area (Å²) in [5.41, 5.74) is 13.1. The molecule has 0 spiro atoms. The Morgan fingerprint density at radius 2 is 1.03 bits per heavy atom. The maximum Gasteiger partial charge on any atom is 0.201 e. The lowest BCUT2D eigenvalue weighted by atomic mass is 10.2. The summed E-state index contributed by atoms with van der Waals surface area (Å²) in [5, 5.41) is 12.7. The second kappa shape index (κ2) is 12.1. The third-order valence-electron chi connectivity index (χ3n) is 4.30. The van der Waals surface area contributed by atoms with E-state index in [0.29, 0.717) is 36.4 Å². The van der Waals surface area contributed by atoms with Crippen molar-refractivity contribution in [2.75, 3.05) is 26.2 Å². The largest absolute Gasteiger partial charge is 0.294 e. The van der Waals surface area contributed by atoms with E-state index in [1.54, 1.807) is 36.7 Å². The Morgan fingerprint density at radius 3 is 1.38 bits per heavy atom. The van der Waals surface area contributed by atoms with Crippen LogP contribution in [-0.4, -0.2) is 58.9 Å². The number of piperazine rings is 1. The van der Waals surface area contributed by atoms with Crippen LogP contribution in [0.1, 0.15) is 11.1 Å². The first-order valence-corrected chi connectivity index (χ1v) is 10.5. The smallest absolute Gasteiger partial charge is 0.201 e. The van der Waals surface area contributed by atoms with Gasteiger partial charge in [0.15, 0.2) is 0 Å². The van der Waals surface area contributed by atoms with Crippen LogP contribution in [0.2, 0.25) is 0 Å². The average Bonchev–Trinajstić information content (AvgIpc) is 2.78. The topological polar surface area (TPSA) is 79.3 Å². The van der Waals surface area contributed by atoms with Crippen molar-refractivity contribution >= 4 is 47.1 Å². The predicted octanol–water partition coefficient (Wildman–Crippen LogP) is 1.71. The quantitative estimate of drug-likeness (QED) is 0.285. The van der Waals surface area contributed by atoms with Crippen molar-refractivity contribution in [3.63, 3.8) is 0 Å². The second-order valence-corrected chi connectivity index (χ2v) is 7.52. The molecule has 0 aliphatic carbocycles. The van der Waals surface area contributed by atoms with E-state index in [-0.39, 0.29) is 11.6 Å². The van der Waals surface area contributed by atoms with Crippen LogP contribution in [0.3, 0.4) is 0 Å². The number of benzene rings is 2. The maximum atomic E-state index is 12.9. The van der Waals surface area contributed by atoms with Gasteiger partial charge < -0.3 is 0 Å². The average molecular weight is 477 g/mol. The molecule has 4 N–H and O–H groups in total. The van der Waals surface area contributed by atoms with Gasteiger partial charge in [0, 0.05) is 26.2 Å². The SMILES string of the molecule is Fc1ccc(C=NNC(=S)NN2CCN(NC(=S)N/N=C\c3ccc(F)cc3)CC2)cc1. The summed E-state index contributed by atoms with van der Waals surface area (Å²) in [7, 11) is 0. The van der Waals surface area contributed by atoms with Crippen molar-refractivity contribution in [1.29, 1.82) is 0 Å². The molecule has 1 aliphatic rings. The lowest BCUT2D eigenvalue weighted by Crippen LogP contribution is -2.59. The van der Waals surface area contributed by atoms with Crippen molar-refractivity contribution in [1.82, 2.24) is 31.7 Å². The van der Waals surface area contributed by atoms with Gasteiger partial charge in [-0.25, -0.2) is 18.8 Å². The Morgan fingerprint density at radius 1 is 0.688 bits per heavy atom. The lowest BCUT2D eigenvalue weighted by Gasteiger charge is -2.35. The lowest BCUT2D eigenvalue weighted by molar-refractivity contribution is 0.0936. The van der Waals surface area contributed by atoms with Gasteiger partial charge in [0.05, 0.1) is 12.4 Å². The molecule has 1 heterocycles. The minimum Gasteiger partial charge on any atom is -0.294 e. The van der Waals surface area contributed by atoms with Gasteiger partial charge in [0.25, 0.3) is 0 Å². The molecule has 0 unspecified atom stereocenters. The Labute approximate surface area is 195 Å². The van der Waals surface area contributed by atoms with Gasteiger partial charge in [-0.05, 0) is 59.8 Å². The van der Waals surface area contributed by atoms with E-state index in [1.807, 2.05) is 10.0 Å². The molecular formula is C20H22F2N8S2. The fourth-order valence-corrected chi connectivity index (χ4v) is 3.06.